The minimum atomic E-state index is -1.17. The second kappa shape index (κ2) is 6.38. The second-order valence-corrected chi connectivity index (χ2v) is 6.90. The molecule has 21 heavy (non-hydrogen) atoms. The minimum Gasteiger partial charge on any atom is -0.379 e. The van der Waals surface area contributed by atoms with E-state index in [2.05, 4.69) is 17.4 Å². The Morgan fingerprint density at radius 3 is 2.95 bits per heavy atom. The summed E-state index contributed by atoms with van der Waals surface area (Å²) < 4.78 is 5.82. The summed E-state index contributed by atoms with van der Waals surface area (Å²) in [6, 6.07) is 10.1. The van der Waals surface area contributed by atoms with Gasteiger partial charge in [0.2, 0.25) is 0 Å². The Morgan fingerprint density at radius 1 is 1.43 bits per heavy atom. The molecule has 0 aromatic heterocycles. The average Bonchev–Trinajstić information content (AvgIpc) is 3.15. The lowest BCUT2D eigenvalue weighted by Gasteiger charge is -2.23. The molecule has 0 aliphatic carbocycles. The number of carbonyl (C=O) groups is 1. The lowest BCUT2D eigenvalue weighted by molar-refractivity contribution is -0.137. The average molecular weight is 307 g/mol. The molecule has 114 valence electrons. The summed E-state index contributed by atoms with van der Waals surface area (Å²) in [7, 11) is 0. The monoisotopic (exact) mass is 307 g/mol. The number of thioether (sulfide) groups is 1. The normalized spacial score (nSPS) is 32.2. The molecule has 4 nitrogen and oxygen atoms in total. The molecule has 0 bridgehead atoms. The van der Waals surface area contributed by atoms with Crippen LogP contribution in [0.4, 0.5) is 0 Å². The first-order valence-electron chi connectivity index (χ1n) is 7.44. The third-order valence-electron chi connectivity index (χ3n) is 4.29. The molecular weight excluding hydrogens is 286 g/mol. The van der Waals surface area contributed by atoms with Crippen LogP contribution in [0.2, 0.25) is 0 Å². The number of ether oxygens (including phenoxy) is 1. The van der Waals surface area contributed by atoms with Crippen molar-refractivity contribution in [3.63, 3.8) is 0 Å². The fourth-order valence-electron chi connectivity index (χ4n) is 2.98. The molecule has 2 saturated heterocycles. The molecule has 5 heteroatoms. The molecule has 2 N–H and O–H groups in total. The third-order valence-corrected chi connectivity index (χ3v) is 5.47. The van der Waals surface area contributed by atoms with Crippen molar-refractivity contribution in [2.24, 2.45) is 5.92 Å². The van der Waals surface area contributed by atoms with Gasteiger partial charge in [-0.15, -0.1) is 0 Å². The summed E-state index contributed by atoms with van der Waals surface area (Å²) in [5, 5.41) is 13.2. The lowest BCUT2D eigenvalue weighted by Crippen LogP contribution is -2.48. The number of hydrogen-bond acceptors (Lipinski definition) is 4. The van der Waals surface area contributed by atoms with Gasteiger partial charge < -0.3 is 15.2 Å². The zero-order chi connectivity index (χ0) is 14.7. The van der Waals surface area contributed by atoms with Crippen LogP contribution < -0.4 is 5.32 Å². The van der Waals surface area contributed by atoms with Crippen LogP contribution in [0.15, 0.2) is 30.3 Å². The maximum atomic E-state index is 12.2. The number of amides is 1. The van der Waals surface area contributed by atoms with E-state index in [1.165, 1.54) is 0 Å². The van der Waals surface area contributed by atoms with E-state index in [4.69, 9.17) is 4.74 Å². The van der Waals surface area contributed by atoms with E-state index in [0.29, 0.717) is 18.7 Å². The van der Waals surface area contributed by atoms with Gasteiger partial charge in [0.05, 0.1) is 6.10 Å². The fraction of sp³-hybridized carbons (Fsp3) is 0.562. The van der Waals surface area contributed by atoms with Gasteiger partial charge in [0.15, 0.2) is 5.60 Å². The van der Waals surface area contributed by atoms with E-state index in [-0.39, 0.29) is 17.9 Å². The fourth-order valence-corrected chi connectivity index (χ4v) is 4.22. The van der Waals surface area contributed by atoms with Gasteiger partial charge in [-0.3, -0.25) is 4.79 Å². The van der Waals surface area contributed by atoms with Gasteiger partial charge in [0, 0.05) is 24.8 Å². The highest BCUT2D eigenvalue weighted by atomic mass is 32.2. The summed E-state index contributed by atoms with van der Waals surface area (Å²) in [6.07, 6.45) is 1.53. The van der Waals surface area contributed by atoms with Crippen LogP contribution in [0, 0.1) is 5.92 Å². The summed E-state index contributed by atoms with van der Waals surface area (Å²) in [6.45, 7) is 1.28. The topological polar surface area (TPSA) is 58.6 Å². The standard InChI is InChI=1S/C16H21NO3S/c18-15(16(19)7-9-21-11-16)17-10-13-6-8-20-14(13)12-4-2-1-3-5-12/h1-5,13-14,19H,6-11H2,(H,17,18)/t13-,14-,16?/m1/s1. The van der Waals surface area contributed by atoms with E-state index >= 15 is 0 Å². The van der Waals surface area contributed by atoms with E-state index in [9.17, 15) is 9.90 Å². The Morgan fingerprint density at radius 2 is 2.24 bits per heavy atom. The molecule has 1 amide bonds. The highest BCUT2D eigenvalue weighted by Crippen LogP contribution is 2.34. The lowest BCUT2D eigenvalue weighted by atomic mass is 9.94. The van der Waals surface area contributed by atoms with Gasteiger partial charge in [-0.2, -0.15) is 11.8 Å². The molecule has 2 heterocycles. The molecule has 3 rings (SSSR count). The molecule has 1 aromatic carbocycles. The number of hydrogen-bond donors (Lipinski definition) is 2. The van der Waals surface area contributed by atoms with E-state index in [0.717, 1.165) is 24.3 Å². The smallest absolute Gasteiger partial charge is 0.252 e. The Bertz CT molecular complexity index is 488. The van der Waals surface area contributed by atoms with Gasteiger partial charge in [-0.1, -0.05) is 30.3 Å². The number of carbonyl (C=O) groups excluding carboxylic acids is 1. The zero-order valence-electron chi connectivity index (χ0n) is 12.0. The SMILES string of the molecule is O=C(NC[C@H]1CCO[C@@H]1c1ccccc1)C1(O)CCSC1. The van der Waals surface area contributed by atoms with E-state index in [1.54, 1.807) is 11.8 Å². The quantitative estimate of drug-likeness (QED) is 0.890. The number of aliphatic hydroxyl groups is 1. The van der Waals surface area contributed by atoms with Crippen molar-refractivity contribution in [3.8, 4) is 0 Å². The van der Waals surface area contributed by atoms with Gasteiger partial charge in [-0.25, -0.2) is 0 Å². The van der Waals surface area contributed by atoms with Gasteiger partial charge in [0.1, 0.15) is 0 Å². The maximum Gasteiger partial charge on any atom is 0.252 e. The third kappa shape index (κ3) is 3.25. The second-order valence-electron chi connectivity index (χ2n) is 5.80. The number of benzene rings is 1. The van der Waals surface area contributed by atoms with Crippen molar-refractivity contribution in [3.05, 3.63) is 35.9 Å². The van der Waals surface area contributed by atoms with Crippen LogP contribution in [0.3, 0.4) is 0 Å². The Hall–Kier alpha value is -1.04. The largest absolute Gasteiger partial charge is 0.379 e. The van der Waals surface area contributed by atoms with Gasteiger partial charge in [-0.05, 0) is 24.2 Å². The summed E-state index contributed by atoms with van der Waals surface area (Å²) in [5.41, 5.74) is -0.0174. The minimum absolute atomic E-state index is 0.0408. The maximum absolute atomic E-state index is 12.2. The molecular formula is C16H21NO3S. The van der Waals surface area contributed by atoms with Crippen molar-refractivity contribution in [2.75, 3.05) is 24.7 Å². The molecule has 1 unspecified atom stereocenters. The van der Waals surface area contributed by atoms with Crippen LogP contribution in [0.1, 0.15) is 24.5 Å². The van der Waals surface area contributed by atoms with Crippen molar-refractivity contribution in [1.82, 2.24) is 5.32 Å². The molecule has 2 aliphatic heterocycles. The van der Waals surface area contributed by atoms with Crippen LogP contribution >= 0.6 is 11.8 Å². The highest BCUT2D eigenvalue weighted by Gasteiger charge is 2.40. The highest BCUT2D eigenvalue weighted by molar-refractivity contribution is 7.99. The molecule has 1 aromatic rings. The predicted octanol–water partition coefficient (Wildman–Crippen LogP) is 1.75. The van der Waals surface area contributed by atoms with Crippen LogP contribution in [-0.4, -0.2) is 41.3 Å². The Labute approximate surface area is 129 Å². The van der Waals surface area contributed by atoms with Crippen LogP contribution in [0.25, 0.3) is 0 Å². The van der Waals surface area contributed by atoms with Crippen LogP contribution in [0.5, 0.6) is 0 Å². The molecule has 0 spiro atoms. The van der Waals surface area contributed by atoms with Crippen molar-refractivity contribution in [2.45, 2.75) is 24.5 Å². The van der Waals surface area contributed by atoms with Gasteiger partial charge in [0.25, 0.3) is 5.91 Å². The van der Waals surface area contributed by atoms with Crippen molar-refractivity contribution in [1.29, 1.82) is 0 Å². The first-order valence-corrected chi connectivity index (χ1v) is 8.59. The van der Waals surface area contributed by atoms with Gasteiger partial charge >= 0.3 is 0 Å². The molecule has 0 radical (unpaired) electrons. The first-order chi connectivity index (χ1) is 10.2. The molecule has 3 atom stereocenters. The number of rotatable bonds is 4. The molecule has 0 saturated carbocycles. The van der Waals surface area contributed by atoms with Crippen molar-refractivity contribution >= 4 is 17.7 Å². The zero-order valence-corrected chi connectivity index (χ0v) is 12.8. The summed E-state index contributed by atoms with van der Waals surface area (Å²) in [4.78, 5) is 12.2. The van der Waals surface area contributed by atoms with E-state index < -0.39 is 5.60 Å². The molecule has 2 aliphatic rings. The van der Waals surface area contributed by atoms with Crippen LogP contribution in [-0.2, 0) is 9.53 Å². The summed E-state index contributed by atoms with van der Waals surface area (Å²) in [5.74, 6) is 1.39. The van der Waals surface area contributed by atoms with Crippen molar-refractivity contribution < 1.29 is 14.6 Å². The summed E-state index contributed by atoms with van der Waals surface area (Å²) >= 11 is 1.63. The predicted molar refractivity (Wildman–Crippen MR) is 83.1 cm³/mol. The van der Waals surface area contributed by atoms with E-state index in [1.807, 2.05) is 18.2 Å². The Balaban J connectivity index is 1.58. The molecule has 2 fully saturated rings. The number of nitrogens with one attached hydrogen (secondary N) is 1. The first kappa shape index (κ1) is 14.9. The Kier molecular flexibility index (Phi) is 4.52.